The molecule has 0 spiro atoms. The molecule has 1 aromatic carbocycles. The van der Waals surface area contributed by atoms with Crippen molar-refractivity contribution in [1.82, 2.24) is 5.32 Å². The smallest absolute Gasteiger partial charge is 0.262 e. The first-order valence-electron chi connectivity index (χ1n) is 6.58. The fourth-order valence-electron chi connectivity index (χ4n) is 1.95. The molecule has 2 atom stereocenters. The van der Waals surface area contributed by atoms with Gasteiger partial charge in [0.2, 0.25) is 0 Å². The molecular weight excluding hydrogens is 244 g/mol. The highest BCUT2D eigenvalue weighted by Crippen LogP contribution is 2.30. The van der Waals surface area contributed by atoms with Crippen LogP contribution < -0.4 is 15.4 Å². The number of amides is 1. The van der Waals surface area contributed by atoms with Crippen molar-refractivity contribution in [3.05, 3.63) is 23.8 Å². The van der Waals surface area contributed by atoms with E-state index in [0.717, 1.165) is 12.0 Å². The number of hydrogen-bond acceptors (Lipinski definition) is 4. The molecule has 0 saturated carbocycles. The van der Waals surface area contributed by atoms with Gasteiger partial charge in [-0.25, -0.2) is 0 Å². The number of hydrogen-bond donors (Lipinski definition) is 3. The Labute approximate surface area is 113 Å². The molecule has 1 aliphatic heterocycles. The summed E-state index contributed by atoms with van der Waals surface area (Å²) in [6.45, 7) is 4.60. The van der Waals surface area contributed by atoms with Crippen molar-refractivity contribution < 1.29 is 14.6 Å². The number of nitrogens with one attached hydrogen (secondary N) is 2. The first-order chi connectivity index (χ1) is 9.10. The van der Waals surface area contributed by atoms with Crippen LogP contribution in [0.3, 0.4) is 0 Å². The molecule has 0 saturated heterocycles. The molecule has 104 valence electrons. The lowest BCUT2D eigenvalue weighted by Gasteiger charge is -2.21. The molecule has 1 aliphatic rings. The quantitative estimate of drug-likeness (QED) is 0.752. The Morgan fingerprint density at radius 3 is 3.05 bits per heavy atom. The van der Waals surface area contributed by atoms with Gasteiger partial charge >= 0.3 is 0 Å². The van der Waals surface area contributed by atoms with Crippen LogP contribution in [-0.4, -0.2) is 30.3 Å². The fraction of sp³-hybridized carbons (Fsp3) is 0.500. The Balaban J connectivity index is 2.04. The Hall–Kier alpha value is -1.59. The molecule has 0 bridgehead atoms. The van der Waals surface area contributed by atoms with E-state index in [4.69, 9.17) is 4.74 Å². The molecule has 19 heavy (non-hydrogen) atoms. The van der Waals surface area contributed by atoms with Gasteiger partial charge < -0.3 is 20.5 Å². The molecule has 5 heteroatoms. The highest BCUT2D eigenvalue weighted by Gasteiger charge is 2.17. The molecule has 1 aromatic rings. The molecule has 0 radical (unpaired) electrons. The van der Waals surface area contributed by atoms with Crippen LogP contribution in [0, 0.1) is 0 Å². The highest BCUT2D eigenvalue weighted by molar-refractivity contribution is 5.95. The first-order valence-corrected chi connectivity index (χ1v) is 6.58. The van der Waals surface area contributed by atoms with E-state index in [-0.39, 0.29) is 24.7 Å². The van der Waals surface area contributed by atoms with E-state index < -0.39 is 0 Å². The van der Waals surface area contributed by atoms with Crippen LogP contribution in [0.1, 0.15) is 31.9 Å². The maximum Gasteiger partial charge on any atom is 0.262 e. The van der Waals surface area contributed by atoms with Crippen LogP contribution in [0.4, 0.5) is 5.69 Å². The Bertz CT molecular complexity index is 462. The number of benzene rings is 1. The predicted molar refractivity (Wildman–Crippen MR) is 73.3 cm³/mol. The second-order valence-electron chi connectivity index (χ2n) is 4.78. The summed E-state index contributed by atoms with van der Waals surface area (Å²) in [5, 5.41) is 15.6. The minimum absolute atomic E-state index is 0.0723. The molecule has 0 aliphatic carbocycles. The largest absolute Gasteiger partial charge is 0.482 e. The number of aliphatic hydroxyl groups excluding tert-OH is 1. The fourth-order valence-corrected chi connectivity index (χ4v) is 1.95. The van der Waals surface area contributed by atoms with E-state index in [1.807, 2.05) is 32.0 Å². The third kappa shape index (κ3) is 3.45. The van der Waals surface area contributed by atoms with Crippen LogP contribution >= 0.6 is 0 Å². The number of aliphatic hydroxyl groups is 1. The number of carbonyl (C=O) groups is 1. The van der Waals surface area contributed by atoms with Gasteiger partial charge in [0, 0.05) is 12.6 Å². The maximum absolute atomic E-state index is 11.3. The third-order valence-electron chi connectivity index (χ3n) is 3.27. The average molecular weight is 264 g/mol. The normalized spacial score (nSPS) is 17.1. The number of ether oxygens (including phenoxy) is 1. The summed E-state index contributed by atoms with van der Waals surface area (Å²) in [7, 11) is 0. The van der Waals surface area contributed by atoms with Gasteiger partial charge in [-0.15, -0.1) is 0 Å². The molecule has 1 amide bonds. The molecule has 1 unspecified atom stereocenters. The summed E-state index contributed by atoms with van der Waals surface area (Å²) < 4.78 is 5.31. The topological polar surface area (TPSA) is 70.6 Å². The number of rotatable bonds is 5. The van der Waals surface area contributed by atoms with Crippen molar-refractivity contribution >= 4 is 11.6 Å². The lowest BCUT2D eigenvalue weighted by molar-refractivity contribution is -0.118. The first kappa shape index (κ1) is 13.8. The molecule has 0 fully saturated rings. The Morgan fingerprint density at radius 1 is 1.53 bits per heavy atom. The van der Waals surface area contributed by atoms with Gasteiger partial charge in [0.05, 0.1) is 11.8 Å². The van der Waals surface area contributed by atoms with Crippen LogP contribution in [0.2, 0.25) is 0 Å². The van der Waals surface area contributed by atoms with Crippen LogP contribution in [0.5, 0.6) is 5.75 Å². The van der Waals surface area contributed by atoms with Crippen molar-refractivity contribution in [3.8, 4) is 5.75 Å². The van der Waals surface area contributed by atoms with E-state index >= 15 is 0 Å². The zero-order chi connectivity index (χ0) is 13.8. The summed E-state index contributed by atoms with van der Waals surface area (Å²) >= 11 is 0. The summed E-state index contributed by atoms with van der Waals surface area (Å²) in [5.74, 6) is 0.566. The van der Waals surface area contributed by atoms with E-state index in [2.05, 4.69) is 10.6 Å². The highest BCUT2D eigenvalue weighted by atomic mass is 16.5. The lowest BCUT2D eigenvalue weighted by Crippen LogP contribution is -2.29. The Morgan fingerprint density at radius 2 is 2.32 bits per heavy atom. The maximum atomic E-state index is 11.3. The van der Waals surface area contributed by atoms with E-state index in [1.165, 1.54) is 0 Å². The summed E-state index contributed by atoms with van der Waals surface area (Å²) in [4.78, 5) is 11.3. The zero-order valence-electron chi connectivity index (χ0n) is 11.3. The van der Waals surface area contributed by atoms with Crippen molar-refractivity contribution in [2.45, 2.75) is 32.4 Å². The second-order valence-corrected chi connectivity index (χ2v) is 4.78. The van der Waals surface area contributed by atoms with E-state index in [9.17, 15) is 9.90 Å². The Kier molecular flexibility index (Phi) is 4.39. The minimum Gasteiger partial charge on any atom is -0.482 e. The summed E-state index contributed by atoms with van der Waals surface area (Å²) in [6, 6.07) is 5.83. The SMILES string of the molecule is CC[C@@H](O)CNC(C)c1ccc2c(c1)NC(=O)CO2. The van der Waals surface area contributed by atoms with Gasteiger partial charge in [-0.3, -0.25) is 4.79 Å². The van der Waals surface area contributed by atoms with Crippen molar-refractivity contribution in [1.29, 1.82) is 0 Å². The van der Waals surface area contributed by atoms with Crippen LogP contribution in [-0.2, 0) is 4.79 Å². The van der Waals surface area contributed by atoms with Crippen LogP contribution in [0.15, 0.2) is 18.2 Å². The molecule has 3 N–H and O–H groups in total. The van der Waals surface area contributed by atoms with Crippen molar-refractivity contribution in [3.63, 3.8) is 0 Å². The minimum atomic E-state index is -0.330. The molecular formula is C14H20N2O3. The van der Waals surface area contributed by atoms with E-state index in [0.29, 0.717) is 18.0 Å². The van der Waals surface area contributed by atoms with Gasteiger partial charge in [0.25, 0.3) is 5.91 Å². The van der Waals surface area contributed by atoms with Gasteiger partial charge in [0.1, 0.15) is 5.75 Å². The van der Waals surface area contributed by atoms with Gasteiger partial charge in [-0.05, 0) is 31.0 Å². The molecule has 5 nitrogen and oxygen atoms in total. The monoisotopic (exact) mass is 264 g/mol. The molecule has 2 rings (SSSR count). The predicted octanol–water partition coefficient (Wildman–Crippen LogP) is 1.44. The number of carbonyl (C=O) groups excluding carboxylic acids is 1. The molecule has 1 heterocycles. The molecule has 0 aromatic heterocycles. The average Bonchev–Trinajstić information content (AvgIpc) is 2.43. The lowest BCUT2D eigenvalue weighted by atomic mass is 10.1. The van der Waals surface area contributed by atoms with Gasteiger partial charge in [-0.2, -0.15) is 0 Å². The van der Waals surface area contributed by atoms with E-state index in [1.54, 1.807) is 0 Å². The summed E-state index contributed by atoms with van der Waals surface area (Å²) in [6.07, 6.45) is 0.400. The number of fused-ring (bicyclic) bond motifs is 1. The van der Waals surface area contributed by atoms with Gasteiger partial charge in [-0.1, -0.05) is 13.0 Å². The standard InChI is InChI=1S/C14H20N2O3/c1-3-11(17)7-15-9(2)10-4-5-13-12(6-10)16-14(18)8-19-13/h4-6,9,11,15,17H,3,7-8H2,1-2H3,(H,16,18)/t9?,11-/m1/s1. The second kappa shape index (κ2) is 6.04. The number of anilines is 1. The van der Waals surface area contributed by atoms with Crippen molar-refractivity contribution in [2.24, 2.45) is 0 Å². The van der Waals surface area contributed by atoms with Crippen LogP contribution in [0.25, 0.3) is 0 Å². The van der Waals surface area contributed by atoms with Crippen molar-refractivity contribution in [2.75, 3.05) is 18.5 Å². The third-order valence-corrected chi connectivity index (χ3v) is 3.27. The summed E-state index contributed by atoms with van der Waals surface area (Å²) in [5.41, 5.74) is 1.76. The van der Waals surface area contributed by atoms with Gasteiger partial charge in [0.15, 0.2) is 6.61 Å². The zero-order valence-corrected chi connectivity index (χ0v) is 11.3.